The van der Waals surface area contributed by atoms with E-state index in [1.165, 1.54) is 16.0 Å². The van der Waals surface area contributed by atoms with Crippen molar-refractivity contribution in [3.05, 3.63) is 49.7 Å². The highest BCUT2D eigenvalue weighted by molar-refractivity contribution is 7.14. The summed E-state index contributed by atoms with van der Waals surface area (Å²) in [7, 11) is 1.78. The van der Waals surface area contributed by atoms with Crippen molar-refractivity contribution < 1.29 is 14.6 Å². The Balaban J connectivity index is 1.37. The summed E-state index contributed by atoms with van der Waals surface area (Å²) in [6.07, 6.45) is 1.62. The van der Waals surface area contributed by atoms with Crippen LogP contribution >= 0.6 is 22.9 Å². The predicted octanol–water partition coefficient (Wildman–Crippen LogP) is 4.78. The van der Waals surface area contributed by atoms with Crippen LogP contribution in [0.25, 0.3) is 0 Å². The second-order valence-electron chi connectivity index (χ2n) is 9.20. The highest BCUT2D eigenvalue weighted by Gasteiger charge is 2.63. The Labute approximate surface area is 187 Å². The van der Waals surface area contributed by atoms with E-state index >= 15 is 0 Å². The average Bonchev–Trinajstić information content (AvgIpc) is 3.03. The summed E-state index contributed by atoms with van der Waals surface area (Å²) < 4.78 is 5.60. The standard InChI is InChI=1S/C24H30ClNO3S/c1-13-21-16(10-17-22(21)24(17,2)3)23(30-13)19(28)7-5-14-6-8-20(18(25)9-14)29-12-15(27)11-26-4/h6,8-9,15,17,22,26-27H,5,7,10-12H2,1-4H3/t15?,17-,22-/m1/s1. The molecule has 1 aromatic carbocycles. The largest absolute Gasteiger partial charge is 0.489 e. The van der Waals surface area contributed by atoms with E-state index in [9.17, 15) is 9.90 Å². The second kappa shape index (κ2) is 8.27. The molecular weight excluding hydrogens is 418 g/mol. The lowest BCUT2D eigenvalue weighted by molar-refractivity contribution is 0.0985. The number of aliphatic hydroxyl groups is 1. The van der Waals surface area contributed by atoms with Crippen molar-refractivity contribution in [2.45, 2.75) is 52.1 Å². The van der Waals surface area contributed by atoms with E-state index in [1.807, 2.05) is 18.2 Å². The summed E-state index contributed by atoms with van der Waals surface area (Å²) in [4.78, 5) is 15.3. The molecule has 6 heteroatoms. The third-order valence-electron chi connectivity index (χ3n) is 6.78. The van der Waals surface area contributed by atoms with Crippen molar-refractivity contribution in [2.75, 3.05) is 20.2 Å². The number of hydrogen-bond acceptors (Lipinski definition) is 5. The molecule has 1 saturated carbocycles. The van der Waals surface area contributed by atoms with E-state index < -0.39 is 6.10 Å². The van der Waals surface area contributed by atoms with Crippen molar-refractivity contribution in [2.24, 2.45) is 11.3 Å². The zero-order chi connectivity index (χ0) is 21.6. The SMILES string of the molecule is CNCC(O)COc1ccc(CCC(=O)c2sc(C)c3c2C[C@@H]2[C@H]3C2(C)C)cc1Cl. The Morgan fingerprint density at radius 1 is 1.43 bits per heavy atom. The van der Waals surface area contributed by atoms with Gasteiger partial charge in [0.15, 0.2) is 5.78 Å². The summed E-state index contributed by atoms with van der Waals surface area (Å²) in [5, 5.41) is 13.2. The smallest absolute Gasteiger partial charge is 0.173 e. The molecule has 30 heavy (non-hydrogen) atoms. The highest BCUT2D eigenvalue weighted by Crippen LogP contribution is 2.71. The van der Waals surface area contributed by atoms with Gasteiger partial charge in [-0.25, -0.2) is 0 Å². The summed E-state index contributed by atoms with van der Waals surface area (Å²) in [5.74, 6) is 2.17. The van der Waals surface area contributed by atoms with Gasteiger partial charge in [-0.15, -0.1) is 11.3 Å². The highest BCUT2D eigenvalue weighted by atomic mass is 35.5. The molecule has 2 N–H and O–H groups in total. The maximum absolute atomic E-state index is 13.0. The molecule has 2 aliphatic rings. The number of rotatable bonds is 9. The number of halogens is 1. The average molecular weight is 448 g/mol. The Kier molecular flexibility index (Phi) is 6.01. The van der Waals surface area contributed by atoms with Gasteiger partial charge in [-0.2, -0.15) is 0 Å². The van der Waals surface area contributed by atoms with Crippen LogP contribution in [-0.2, 0) is 12.8 Å². The minimum Gasteiger partial charge on any atom is -0.489 e. The number of benzene rings is 1. The van der Waals surface area contributed by atoms with Crippen molar-refractivity contribution >= 4 is 28.7 Å². The summed E-state index contributed by atoms with van der Waals surface area (Å²) >= 11 is 8.03. The molecule has 1 aromatic heterocycles. The molecule has 0 aliphatic heterocycles. The van der Waals surface area contributed by atoms with Crippen LogP contribution in [0, 0.1) is 18.3 Å². The fraction of sp³-hybridized carbons (Fsp3) is 0.542. The molecule has 1 fully saturated rings. The number of likely N-dealkylation sites (N-methyl/N-ethyl adjacent to an activating group) is 1. The van der Waals surface area contributed by atoms with Crippen LogP contribution in [0.15, 0.2) is 18.2 Å². The van der Waals surface area contributed by atoms with Crippen LogP contribution in [0.1, 0.15) is 57.4 Å². The zero-order valence-electron chi connectivity index (χ0n) is 18.0. The Morgan fingerprint density at radius 3 is 2.90 bits per heavy atom. The van der Waals surface area contributed by atoms with E-state index in [-0.39, 0.29) is 12.4 Å². The van der Waals surface area contributed by atoms with Gasteiger partial charge in [0.1, 0.15) is 18.5 Å². The van der Waals surface area contributed by atoms with Gasteiger partial charge >= 0.3 is 0 Å². The number of aryl methyl sites for hydroxylation is 2. The van der Waals surface area contributed by atoms with Gasteiger partial charge in [-0.1, -0.05) is 31.5 Å². The van der Waals surface area contributed by atoms with Gasteiger partial charge in [0.2, 0.25) is 0 Å². The van der Waals surface area contributed by atoms with Crippen molar-refractivity contribution in [1.29, 1.82) is 0 Å². The fourth-order valence-electron chi connectivity index (χ4n) is 5.03. The van der Waals surface area contributed by atoms with Gasteiger partial charge in [0.05, 0.1) is 9.90 Å². The Hall–Kier alpha value is -1.40. The van der Waals surface area contributed by atoms with Gasteiger partial charge in [-0.05, 0) is 72.9 Å². The van der Waals surface area contributed by atoms with Gasteiger partial charge in [0, 0.05) is 17.8 Å². The van der Waals surface area contributed by atoms with Crippen molar-refractivity contribution in [3.8, 4) is 5.75 Å². The van der Waals surface area contributed by atoms with Crippen molar-refractivity contribution in [1.82, 2.24) is 5.32 Å². The molecule has 1 unspecified atom stereocenters. The summed E-state index contributed by atoms with van der Waals surface area (Å²) in [6.45, 7) is 7.51. The topological polar surface area (TPSA) is 58.6 Å². The maximum atomic E-state index is 13.0. The number of carbonyl (C=O) groups excluding carboxylic acids is 1. The number of carbonyl (C=O) groups is 1. The van der Waals surface area contributed by atoms with Crippen LogP contribution < -0.4 is 10.1 Å². The Bertz CT molecular complexity index is 968. The van der Waals surface area contributed by atoms with Crippen LogP contribution in [0.2, 0.25) is 5.02 Å². The van der Waals surface area contributed by atoms with Crippen LogP contribution in [-0.4, -0.2) is 37.2 Å². The maximum Gasteiger partial charge on any atom is 0.173 e. The number of thiophene rings is 1. The first-order chi connectivity index (χ1) is 14.2. The summed E-state index contributed by atoms with van der Waals surface area (Å²) in [6, 6.07) is 5.62. The van der Waals surface area contributed by atoms with Crippen LogP contribution in [0.4, 0.5) is 0 Å². The third-order valence-corrected chi connectivity index (χ3v) is 8.28. The lowest BCUT2D eigenvalue weighted by Gasteiger charge is -2.13. The molecule has 0 saturated heterocycles. The van der Waals surface area contributed by atoms with Gasteiger partial charge in [0.25, 0.3) is 0 Å². The van der Waals surface area contributed by atoms with Crippen LogP contribution in [0.5, 0.6) is 5.75 Å². The van der Waals surface area contributed by atoms with Crippen molar-refractivity contribution in [3.63, 3.8) is 0 Å². The number of ketones is 1. The van der Waals surface area contributed by atoms with E-state index in [2.05, 4.69) is 26.1 Å². The normalized spacial score (nSPS) is 21.8. The monoisotopic (exact) mass is 447 g/mol. The number of fused-ring (bicyclic) bond motifs is 3. The number of Topliss-reactive ketones (excluding diaryl/α,β-unsaturated/α-hetero) is 1. The second-order valence-corrected chi connectivity index (χ2v) is 10.8. The first-order valence-corrected chi connectivity index (χ1v) is 11.8. The molecule has 4 rings (SSSR count). The molecule has 162 valence electrons. The molecule has 2 aromatic rings. The molecule has 1 heterocycles. The molecule has 0 amide bonds. The molecule has 0 radical (unpaired) electrons. The molecule has 0 spiro atoms. The molecule has 4 nitrogen and oxygen atoms in total. The number of ether oxygens (including phenoxy) is 1. The zero-order valence-corrected chi connectivity index (χ0v) is 19.6. The third kappa shape index (κ3) is 3.93. The molecule has 3 atom stereocenters. The van der Waals surface area contributed by atoms with Gasteiger partial charge in [-0.3, -0.25) is 4.79 Å². The minimum atomic E-state index is -0.587. The first kappa shape index (κ1) is 21.8. The lowest BCUT2D eigenvalue weighted by Crippen LogP contribution is -2.29. The summed E-state index contributed by atoms with van der Waals surface area (Å²) in [5.41, 5.74) is 4.23. The molecular formula is C24H30ClNO3S. The number of hydrogen-bond donors (Lipinski definition) is 2. The van der Waals surface area contributed by atoms with E-state index in [0.29, 0.717) is 41.5 Å². The fourth-order valence-corrected chi connectivity index (χ4v) is 6.48. The number of nitrogens with one attached hydrogen (secondary N) is 1. The first-order valence-electron chi connectivity index (χ1n) is 10.6. The quantitative estimate of drug-likeness (QED) is 0.543. The predicted molar refractivity (Wildman–Crippen MR) is 122 cm³/mol. The van der Waals surface area contributed by atoms with E-state index in [1.54, 1.807) is 18.4 Å². The molecule has 0 bridgehead atoms. The minimum absolute atomic E-state index is 0.181. The van der Waals surface area contributed by atoms with E-state index in [0.717, 1.165) is 22.8 Å². The Morgan fingerprint density at radius 2 is 2.20 bits per heavy atom. The number of aliphatic hydroxyl groups excluding tert-OH is 1. The van der Waals surface area contributed by atoms with E-state index in [4.69, 9.17) is 16.3 Å². The lowest BCUT2D eigenvalue weighted by atomic mass is 9.94. The molecule has 2 aliphatic carbocycles. The van der Waals surface area contributed by atoms with Crippen LogP contribution in [0.3, 0.4) is 0 Å². The van der Waals surface area contributed by atoms with Gasteiger partial charge < -0.3 is 15.2 Å².